The van der Waals surface area contributed by atoms with Gasteiger partial charge in [-0.15, -0.1) is 35.3 Å². The molecule has 0 bridgehead atoms. The molecule has 5 nitrogen and oxygen atoms in total. The van der Waals surface area contributed by atoms with Gasteiger partial charge in [-0.1, -0.05) is 6.07 Å². The Morgan fingerprint density at radius 2 is 2.08 bits per heavy atom. The first kappa shape index (κ1) is 21.6. The number of nitrogens with one attached hydrogen (secondary N) is 2. The lowest BCUT2D eigenvalue weighted by Gasteiger charge is -2.14. The first-order valence-electron chi connectivity index (χ1n) is 7.88. The normalized spacial score (nSPS) is 11.0. The molecule has 0 amide bonds. The van der Waals surface area contributed by atoms with E-state index in [0.717, 1.165) is 17.1 Å². The Labute approximate surface area is 169 Å². The van der Waals surface area contributed by atoms with Crippen LogP contribution in [0.5, 0.6) is 0 Å². The largest absolute Gasteiger partial charge is 0.375 e. The smallest absolute Gasteiger partial charge is 0.191 e. The van der Waals surface area contributed by atoms with Crippen LogP contribution in [-0.2, 0) is 13.1 Å². The summed E-state index contributed by atoms with van der Waals surface area (Å²) in [4.78, 5) is 11.8. The van der Waals surface area contributed by atoms with Crippen LogP contribution in [0, 0.1) is 12.7 Å². The first-order valence-corrected chi connectivity index (χ1v) is 8.70. The first-order chi connectivity index (χ1) is 11.5. The second kappa shape index (κ2) is 10.5. The van der Waals surface area contributed by atoms with Gasteiger partial charge in [0.1, 0.15) is 10.8 Å². The zero-order valence-electron chi connectivity index (χ0n) is 15.0. The summed E-state index contributed by atoms with van der Waals surface area (Å²) in [5.41, 5.74) is 1.41. The maximum absolute atomic E-state index is 14.0. The molecule has 0 aliphatic rings. The van der Waals surface area contributed by atoms with E-state index in [1.165, 1.54) is 10.9 Å². The number of aryl methyl sites for hydroxylation is 1. The highest BCUT2D eigenvalue weighted by Gasteiger charge is 2.06. The summed E-state index contributed by atoms with van der Waals surface area (Å²) in [5.74, 6) is 0.464. The molecule has 1 aromatic heterocycles. The molecule has 1 heterocycles. The van der Waals surface area contributed by atoms with Gasteiger partial charge in [0, 0.05) is 31.7 Å². The quantitative estimate of drug-likeness (QED) is 0.380. The van der Waals surface area contributed by atoms with Crippen molar-refractivity contribution in [2.75, 3.05) is 25.5 Å². The second-order valence-electron chi connectivity index (χ2n) is 5.59. The monoisotopic (exact) mass is 477 g/mol. The molecule has 0 fully saturated rings. The van der Waals surface area contributed by atoms with Crippen LogP contribution >= 0.6 is 35.3 Å². The van der Waals surface area contributed by atoms with Crippen molar-refractivity contribution in [1.29, 1.82) is 0 Å². The molecular formula is C17H25FIN5S. The molecule has 2 rings (SSSR count). The fourth-order valence-electron chi connectivity index (χ4n) is 2.17. The molecule has 0 atom stereocenters. The number of aromatic nitrogens is 1. The second-order valence-corrected chi connectivity index (χ2v) is 6.91. The Kier molecular flexibility index (Phi) is 9.12. The number of thiazole rings is 1. The molecule has 2 aromatic rings. The molecule has 0 spiro atoms. The topological polar surface area (TPSA) is 52.6 Å². The molecule has 138 valence electrons. The van der Waals surface area contributed by atoms with E-state index in [0.29, 0.717) is 24.7 Å². The van der Waals surface area contributed by atoms with Gasteiger partial charge in [0.2, 0.25) is 0 Å². The third kappa shape index (κ3) is 6.77. The van der Waals surface area contributed by atoms with Gasteiger partial charge in [0.15, 0.2) is 5.96 Å². The molecule has 0 saturated heterocycles. The minimum atomic E-state index is -0.232. The number of nitrogens with zero attached hydrogens (tertiary/aromatic N) is 3. The Bertz CT molecular complexity index is 702. The summed E-state index contributed by atoms with van der Waals surface area (Å²) >= 11 is 1.66. The van der Waals surface area contributed by atoms with Gasteiger partial charge in [-0.3, -0.25) is 0 Å². The van der Waals surface area contributed by atoms with Crippen molar-refractivity contribution in [1.82, 2.24) is 15.6 Å². The van der Waals surface area contributed by atoms with Crippen molar-refractivity contribution in [2.24, 2.45) is 4.99 Å². The number of rotatable bonds is 6. The Morgan fingerprint density at radius 3 is 2.64 bits per heavy atom. The van der Waals surface area contributed by atoms with Crippen LogP contribution in [-0.4, -0.2) is 31.6 Å². The van der Waals surface area contributed by atoms with E-state index in [4.69, 9.17) is 0 Å². The maximum atomic E-state index is 14.0. The minimum Gasteiger partial charge on any atom is -0.375 e. The van der Waals surface area contributed by atoms with Crippen molar-refractivity contribution in [3.63, 3.8) is 0 Å². The van der Waals surface area contributed by atoms with E-state index in [2.05, 4.69) is 20.6 Å². The molecular weight excluding hydrogens is 452 g/mol. The fraction of sp³-hybridized carbons (Fsp3) is 0.412. The summed E-state index contributed by atoms with van der Waals surface area (Å²) in [6, 6.07) is 5.21. The number of guanidine groups is 1. The highest BCUT2D eigenvalue weighted by atomic mass is 127. The standard InChI is InChI=1S/C17H24FN5S.HI/c1-5-19-17(22-11-16-20-9-12(2)24-16)21-10-13-6-7-15(23(3)4)14(18)8-13;/h6-9H,5,10-11H2,1-4H3,(H2,19,21,22);1H. The third-order valence-electron chi connectivity index (χ3n) is 3.33. The van der Waals surface area contributed by atoms with Crippen LogP contribution in [0.4, 0.5) is 10.1 Å². The Morgan fingerprint density at radius 1 is 1.32 bits per heavy atom. The summed E-state index contributed by atoms with van der Waals surface area (Å²) in [5, 5.41) is 7.45. The van der Waals surface area contributed by atoms with E-state index in [1.54, 1.807) is 22.3 Å². The number of anilines is 1. The molecule has 0 aliphatic carbocycles. The number of benzene rings is 1. The van der Waals surface area contributed by atoms with Gasteiger partial charge in [-0.2, -0.15) is 0 Å². The molecule has 2 N–H and O–H groups in total. The van der Waals surface area contributed by atoms with Crippen LogP contribution < -0.4 is 15.5 Å². The zero-order valence-corrected chi connectivity index (χ0v) is 18.1. The van der Waals surface area contributed by atoms with E-state index >= 15 is 0 Å². The van der Waals surface area contributed by atoms with Gasteiger partial charge in [0.25, 0.3) is 0 Å². The number of aliphatic imine (C=N–C) groups is 1. The molecule has 25 heavy (non-hydrogen) atoms. The zero-order chi connectivity index (χ0) is 17.5. The van der Waals surface area contributed by atoms with Crippen LogP contribution in [0.15, 0.2) is 29.4 Å². The molecule has 8 heteroatoms. The maximum Gasteiger partial charge on any atom is 0.191 e. The van der Waals surface area contributed by atoms with Gasteiger partial charge in [-0.25, -0.2) is 14.4 Å². The molecule has 0 saturated carbocycles. The lowest BCUT2D eigenvalue weighted by molar-refractivity contribution is 0.624. The van der Waals surface area contributed by atoms with Crippen LogP contribution in [0.1, 0.15) is 22.4 Å². The van der Waals surface area contributed by atoms with E-state index in [-0.39, 0.29) is 29.8 Å². The predicted molar refractivity (Wildman–Crippen MR) is 115 cm³/mol. The molecule has 1 aromatic carbocycles. The highest BCUT2D eigenvalue weighted by Crippen LogP contribution is 2.18. The predicted octanol–water partition coefficient (Wildman–Crippen LogP) is 3.53. The lowest BCUT2D eigenvalue weighted by atomic mass is 10.2. The van der Waals surface area contributed by atoms with Gasteiger partial charge in [0.05, 0.1) is 18.8 Å². The number of halogens is 2. The van der Waals surface area contributed by atoms with Gasteiger partial charge < -0.3 is 15.5 Å². The van der Waals surface area contributed by atoms with Crippen LogP contribution in [0.2, 0.25) is 0 Å². The molecule has 0 radical (unpaired) electrons. The molecule has 0 aliphatic heterocycles. The Balaban J connectivity index is 0.00000312. The van der Waals surface area contributed by atoms with Crippen LogP contribution in [0.25, 0.3) is 0 Å². The van der Waals surface area contributed by atoms with Crippen molar-refractivity contribution in [3.05, 3.63) is 45.7 Å². The van der Waals surface area contributed by atoms with E-state index in [9.17, 15) is 4.39 Å². The summed E-state index contributed by atoms with van der Waals surface area (Å²) < 4.78 is 14.0. The van der Waals surface area contributed by atoms with Crippen LogP contribution in [0.3, 0.4) is 0 Å². The number of hydrogen-bond acceptors (Lipinski definition) is 4. The highest BCUT2D eigenvalue weighted by molar-refractivity contribution is 14.0. The van der Waals surface area contributed by atoms with Gasteiger partial charge >= 0.3 is 0 Å². The van der Waals surface area contributed by atoms with Crippen molar-refractivity contribution in [2.45, 2.75) is 26.9 Å². The fourth-order valence-corrected chi connectivity index (χ4v) is 2.89. The minimum absolute atomic E-state index is 0. The van der Waals surface area contributed by atoms with E-state index < -0.39 is 0 Å². The average molecular weight is 477 g/mol. The number of hydrogen-bond donors (Lipinski definition) is 2. The van der Waals surface area contributed by atoms with E-state index in [1.807, 2.05) is 40.2 Å². The summed E-state index contributed by atoms with van der Waals surface area (Å²) in [6.07, 6.45) is 1.86. The SMILES string of the molecule is CCNC(=NCc1ccc(N(C)C)c(F)c1)NCc1ncc(C)s1.I. The molecule has 0 unspecified atom stereocenters. The van der Waals surface area contributed by atoms with Gasteiger partial charge in [-0.05, 0) is 31.5 Å². The lowest BCUT2D eigenvalue weighted by Crippen LogP contribution is -2.36. The summed E-state index contributed by atoms with van der Waals surface area (Å²) in [7, 11) is 3.65. The Hall–Kier alpha value is -1.42. The third-order valence-corrected chi connectivity index (χ3v) is 4.25. The van der Waals surface area contributed by atoms with Crippen molar-refractivity contribution >= 4 is 47.0 Å². The average Bonchev–Trinajstić information content (AvgIpc) is 2.95. The van der Waals surface area contributed by atoms with Crippen molar-refractivity contribution in [3.8, 4) is 0 Å². The van der Waals surface area contributed by atoms with Crippen molar-refractivity contribution < 1.29 is 4.39 Å². The summed E-state index contributed by atoms with van der Waals surface area (Å²) in [6.45, 7) is 5.84.